The molecule has 1 heterocycles. The normalized spacial score (nSPS) is 16.9. The number of rotatable bonds is 5. The predicted molar refractivity (Wildman–Crippen MR) is 63.3 cm³/mol. The number of hydrogen-bond acceptors (Lipinski definition) is 3. The van der Waals surface area contributed by atoms with Crippen molar-refractivity contribution in [3.05, 3.63) is 0 Å². The second kappa shape index (κ2) is 5.80. The van der Waals surface area contributed by atoms with Gasteiger partial charge in [0.25, 0.3) is 0 Å². The monoisotopic (exact) mass is 240 g/mol. The van der Waals surface area contributed by atoms with E-state index in [1.807, 2.05) is 6.92 Å². The third-order valence-corrected chi connectivity index (χ3v) is 2.84. The van der Waals surface area contributed by atoms with E-state index in [1.54, 1.807) is 18.7 Å². The molecule has 1 aliphatic rings. The van der Waals surface area contributed by atoms with Crippen molar-refractivity contribution in [1.82, 2.24) is 9.80 Å². The summed E-state index contributed by atoms with van der Waals surface area (Å²) in [4.78, 5) is 37.9. The van der Waals surface area contributed by atoms with E-state index >= 15 is 0 Å². The van der Waals surface area contributed by atoms with Gasteiger partial charge in [-0.15, -0.1) is 0 Å². The maximum absolute atomic E-state index is 11.8. The molecule has 0 radical (unpaired) electrons. The quantitative estimate of drug-likeness (QED) is 0.694. The lowest BCUT2D eigenvalue weighted by molar-refractivity contribution is -0.151. The zero-order chi connectivity index (χ0) is 13.0. The molecule has 0 aromatic carbocycles. The van der Waals surface area contributed by atoms with Gasteiger partial charge in [-0.1, -0.05) is 20.8 Å². The van der Waals surface area contributed by atoms with Gasteiger partial charge < -0.3 is 9.80 Å². The number of ketones is 1. The molecule has 0 aliphatic carbocycles. The van der Waals surface area contributed by atoms with Crippen LogP contribution in [0.2, 0.25) is 0 Å². The molecule has 0 spiro atoms. The molecule has 2 amide bonds. The first kappa shape index (κ1) is 13.7. The highest BCUT2D eigenvalue weighted by Gasteiger charge is 2.30. The number of carbonyl (C=O) groups is 3. The van der Waals surface area contributed by atoms with Crippen LogP contribution >= 0.6 is 0 Å². The Balaban J connectivity index is 2.58. The molecule has 5 nitrogen and oxygen atoms in total. The van der Waals surface area contributed by atoms with E-state index in [1.165, 1.54) is 4.90 Å². The van der Waals surface area contributed by atoms with E-state index in [4.69, 9.17) is 0 Å². The molecule has 17 heavy (non-hydrogen) atoms. The number of hydrogen-bond donors (Lipinski definition) is 0. The standard InChI is InChI=1S/C12H20N2O3/c1-4-5-13-7-12(17)14(8-11(13)16)6-10(15)9(2)3/h9H,4-8H2,1-3H3. The maximum atomic E-state index is 11.8. The van der Waals surface area contributed by atoms with Gasteiger partial charge in [0.15, 0.2) is 5.78 Å². The summed E-state index contributed by atoms with van der Waals surface area (Å²) in [5, 5.41) is 0. The van der Waals surface area contributed by atoms with Crippen LogP contribution in [0.15, 0.2) is 0 Å². The lowest BCUT2D eigenvalue weighted by atomic mass is 10.1. The summed E-state index contributed by atoms with van der Waals surface area (Å²) < 4.78 is 0. The van der Waals surface area contributed by atoms with E-state index in [-0.39, 0.29) is 43.1 Å². The average molecular weight is 240 g/mol. The van der Waals surface area contributed by atoms with Crippen LogP contribution in [0.4, 0.5) is 0 Å². The summed E-state index contributed by atoms with van der Waals surface area (Å²) in [5.74, 6) is -0.309. The second-order valence-electron chi connectivity index (χ2n) is 4.69. The lowest BCUT2D eigenvalue weighted by Gasteiger charge is -2.33. The Morgan fingerprint density at radius 3 is 2.24 bits per heavy atom. The molecule has 96 valence electrons. The molecule has 5 heteroatoms. The summed E-state index contributed by atoms with van der Waals surface area (Å²) in [6, 6.07) is 0. The maximum Gasteiger partial charge on any atom is 0.243 e. The van der Waals surface area contributed by atoms with E-state index in [0.717, 1.165) is 6.42 Å². The van der Waals surface area contributed by atoms with Crippen molar-refractivity contribution < 1.29 is 14.4 Å². The molecule has 0 saturated carbocycles. The number of Topliss-reactive ketones (excluding diaryl/α,β-unsaturated/α-hetero) is 1. The van der Waals surface area contributed by atoms with Crippen LogP contribution in [0.5, 0.6) is 0 Å². The molecule has 0 aromatic heterocycles. The van der Waals surface area contributed by atoms with Crippen molar-refractivity contribution in [2.75, 3.05) is 26.2 Å². The van der Waals surface area contributed by atoms with Gasteiger partial charge in [0.2, 0.25) is 11.8 Å². The number of nitrogens with zero attached hydrogens (tertiary/aromatic N) is 2. The fourth-order valence-corrected chi connectivity index (χ4v) is 1.69. The molecule has 1 rings (SSSR count). The first-order valence-electron chi connectivity index (χ1n) is 6.04. The van der Waals surface area contributed by atoms with Crippen LogP contribution in [0, 0.1) is 5.92 Å². The molecule has 0 bridgehead atoms. The topological polar surface area (TPSA) is 57.7 Å². The molecule has 0 atom stereocenters. The number of carbonyl (C=O) groups excluding carboxylic acids is 3. The Kier molecular flexibility index (Phi) is 4.66. The van der Waals surface area contributed by atoms with Crippen molar-refractivity contribution in [3.8, 4) is 0 Å². The lowest BCUT2D eigenvalue weighted by Crippen LogP contribution is -2.55. The largest absolute Gasteiger partial charge is 0.332 e. The van der Waals surface area contributed by atoms with Crippen molar-refractivity contribution in [1.29, 1.82) is 0 Å². The van der Waals surface area contributed by atoms with E-state index in [9.17, 15) is 14.4 Å². The van der Waals surface area contributed by atoms with Gasteiger partial charge in [0.1, 0.15) is 6.54 Å². The molecule has 1 aliphatic heterocycles. The third-order valence-electron chi connectivity index (χ3n) is 2.84. The molecule has 0 N–H and O–H groups in total. The SMILES string of the molecule is CCCN1CC(=O)N(CC(=O)C(C)C)CC1=O. The van der Waals surface area contributed by atoms with Gasteiger partial charge in [-0.25, -0.2) is 0 Å². The van der Waals surface area contributed by atoms with Crippen LogP contribution in [-0.2, 0) is 14.4 Å². The minimum absolute atomic E-state index is 0.00454. The average Bonchev–Trinajstić information content (AvgIpc) is 2.25. The van der Waals surface area contributed by atoms with Crippen LogP contribution in [0.3, 0.4) is 0 Å². The molecule has 0 aromatic rings. The molecule has 0 unspecified atom stereocenters. The van der Waals surface area contributed by atoms with Gasteiger partial charge in [0.05, 0.1) is 13.1 Å². The number of amides is 2. The van der Waals surface area contributed by atoms with Gasteiger partial charge in [-0.05, 0) is 6.42 Å². The van der Waals surface area contributed by atoms with Crippen molar-refractivity contribution in [2.24, 2.45) is 5.92 Å². The van der Waals surface area contributed by atoms with E-state index < -0.39 is 0 Å². The van der Waals surface area contributed by atoms with Crippen LogP contribution in [0.1, 0.15) is 27.2 Å². The molecule has 1 saturated heterocycles. The highest BCUT2D eigenvalue weighted by atomic mass is 16.2. The zero-order valence-corrected chi connectivity index (χ0v) is 10.7. The minimum atomic E-state index is -0.132. The smallest absolute Gasteiger partial charge is 0.243 e. The van der Waals surface area contributed by atoms with Crippen LogP contribution < -0.4 is 0 Å². The number of piperazine rings is 1. The Morgan fingerprint density at radius 2 is 1.71 bits per heavy atom. The Bertz CT molecular complexity index is 326. The van der Waals surface area contributed by atoms with Gasteiger partial charge in [-0.3, -0.25) is 14.4 Å². The minimum Gasteiger partial charge on any atom is -0.332 e. The first-order chi connectivity index (χ1) is 7.95. The van der Waals surface area contributed by atoms with Crippen LogP contribution in [0.25, 0.3) is 0 Å². The summed E-state index contributed by atoms with van der Waals surface area (Å²) in [7, 11) is 0. The molecular weight excluding hydrogens is 220 g/mol. The van der Waals surface area contributed by atoms with Gasteiger partial charge in [-0.2, -0.15) is 0 Å². The van der Waals surface area contributed by atoms with E-state index in [2.05, 4.69) is 0 Å². The predicted octanol–water partition coefficient (Wildman–Crippen LogP) is 0.292. The van der Waals surface area contributed by atoms with Gasteiger partial charge >= 0.3 is 0 Å². The van der Waals surface area contributed by atoms with Crippen molar-refractivity contribution in [2.45, 2.75) is 27.2 Å². The first-order valence-corrected chi connectivity index (χ1v) is 6.04. The highest BCUT2D eigenvalue weighted by molar-refractivity contribution is 5.95. The van der Waals surface area contributed by atoms with Crippen molar-refractivity contribution in [3.63, 3.8) is 0 Å². The fourth-order valence-electron chi connectivity index (χ4n) is 1.69. The summed E-state index contributed by atoms with van der Waals surface area (Å²) in [6.07, 6.45) is 0.837. The highest BCUT2D eigenvalue weighted by Crippen LogP contribution is 2.07. The fraction of sp³-hybridized carbons (Fsp3) is 0.750. The summed E-state index contributed by atoms with van der Waals surface area (Å²) in [6.45, 7) is 6.37. The van der Waals surface area contributed by atoms with Crippen molar-refractivity contribution >= 4 is 17.6 Å². The summed E-state index contributed by atoms with van der Waals surface area (Å²) >= 11 is 0. The Hall–Kier alpha value is -1.39. The molecule has 1 fully saturated rings. The van der Waals surface area contributed by atoms with Gasteiger partial charge in [0, 0.05) is 12.5 Å². The third kappa shape index (κ3) is 3.54. The molecular formula is C12H20N2O3. The Morgan fingerprint density at radius 1 is 1.18 bits per heavy atom. The summed E-state index contributed by atoms with van der Waals surface area (Å²) in [5.41, 5.74) is 0. The second-order valence-corrected chi connectivity index (χ2v) is 4.69. The zero-order valence-electron chi connectivity index (χ0n) is 10.7. The van der Waals surface area contributed by atoms with E-state index in [0.29, 0.717) is 6.54 Å². The Labute approximate surface area is 102 Å². The van der Waals surface area contributed by atoms with Crippen LogP contribution in [-0.4, -0.2) is 53.6 Å².